The van der Waals surface area contributed by atoms with Gasteiger partial charge in [0.2, 0.25) is 0 Å². The molecule has 2 nitrogen and oxygen atoms in total. The fourth-order valence-electron chi connectivity index (χ4n) is 1.48. The molecule has 0 aliphatic carbocycles. The van der Waals surface area contributed by atoms with Gasteiger partial charge in [0.1, 0.15) is 5.82 Å². The molecule has 0 amide bonds. The highest BCUT2D eigenvalue weighted by Gasteiger charge is 2.06. The summed E-state index contributed by atoms with van der Waals surface area (Å²) in [4.78, 5) is 4.28. The average Bonchev–Trinajstić information content (AvgIpc) is 2.28. The summed E-state index contributed by atoms with van der Waals surface area (Å²) in [5.74, 6) is 0.774. The Morgan fingerprint density at radius 3 is 2.71 bits per heavy atom. The second-order valence-electron chi connectivity index (χ2n) is 3.90. The second kappa shape index (κ2) is 5.07. The van der Waals surface area contributed by atoms with Crippen molar-refractivity contribution in [2.45, 2.75) is 13.8 Å². The van der Waals surface area contributed by atoms with Crippen molar-refractivity contribution in [2.75, 3.05) is 5.32 Å². The van der Waals surface area contributed by atoms with E-state index in [-0.39, 0.29) is 0 Å². The van der Waals surface area contributed by atoms with Crippen LogP contribution in [0.25, 0.3) is 0 Å². The molecule has 0 fully saturated rings. The van der Waals surface area contributed by atoms with Gasteiger partial charge in [0, 0.05) is 6.20 Å². The number of aryl methyl sites for hydroxylation is 2. The maximum absolute atomic E-state index is 6.17. The summed E-state index contributed by atoms with van der Waals surface area (Å²) >= 11 is 9.67. The number of hydrogen-bond acceptors (Lipinski definition) is 2. The first kappa shape index (κ1) is 12.4. The van der Waals surface area contributed by atoms with Crippen LogP contribution in [0.3, 0.4) is 0 Å². The summed E-state index contributed by atoms with van der Waals surface area (Å²) in [5.41, 5.74) is 3.12. The van der Waals surface area contributed by atoms with Gasteiger partial charge in [-0.15, -0.1) is 0 Å². The highest BCUT2D eigenvalue weighted by atomic mass is 79.9. The first-order valence-electron chi connectivity index (χ1n) is 5.22. The van der Waals surface area contributed by atoms with Crippen molar-refractivity contribution in [1.82, 2.24) is 4.98 Å². The maximum Gasteiger partial charge on any atom is 0.144 e. The molecule has 1 N–H and O–H groups in total. The number of aromatic nitrogens is 1. The van der Waals surface area contributed by atoms with E-state index in [1.807, 2.05) is 38.1 Å². The summed E-state index contributed by atoms with van der Waals surface area (Å²) in [6, 6.07) is 7.84. The molecule has 0 atom stereocenters. The zero-order valence-electron chi connectivity index (χ0n) is 9.59. The Bertz CT molecular complexity index is 555. The van der Waals surface area contributed by atoms with Crippen molar-refractivity contribution >= 4 is 39.0 Å². The zero-order chi connectivity index (χ0) is 12.4. The van der Waals surface area contributed by atoms with Gasteiger partial charge in [0.05, 0.1) is 15.2 Å². The van der Waals surface area contributed by atoms with Crippen molar-refractivity contribution < 1.29 is 0 Å². The Morgan fingerprint density at radius 1 is 1.24 bits per heavy atom. The van der Waals surface area contributed by atoms with E-state index >= 15 is 0 Å². The molecule has 0 radical (unpaired) electrons. The standard InChI is InChI=1S/C13H12BrClN2/c1-8-3-4-11(10(15)7-8)17-13-12(14)9(2)5-6-16-13/h3-7H,1-2H3,(H,16,17). The van der Waals surface area contributed by atoms with E-state index in [0.29, 0.717) is 5.02 Å². The molecule has 0 aliphatic heterocycles. The number of nitrogens with one attached hydrogen (secondary N) is 1. The molecule has 0 unspecified atom stereocenters. The minimum absolute atomic E-state index is 0.695. The van der Waals surface area contributed by atoms with Crippen LogP contribution in [0.5, 0.6) is 0 Å². The van der Waals surface area contributed by atoms with Crippen molar-refractivity contribution in [3.05, 3.63) is 51.1 Å². The molecule has 0 aliphatic rings. The highest BCUT2D eigenvalue weighted by molar-refractivity contribution is 9.10. The third-order valence-electron chi connectivity index (χ3n) is 2.46. The molecule has 2 aromatic rings. The maximum atomic E-state index is 6.17. The average molecular weight is 312 g/mol. The molecule has 2 rings (SSSR count). The number of benzene rings is 1. The molecule has 1 aromatic carbocycles. The van der Waals surface area contributed by atoms with E-state index in [0.717, 1.165) is 27.1 Å². The minimum Gasteiger partial charge on any atom is -0.338 e. The second-order valence-corrected chi connectivity index (χ2v) is 5.10. The predicted molar refractivity (Wildman–Crippen MR) is 76.1 cm³/mol. The first-order chi connectivity index (χ1) is 8.08. The monoisotopic (exact) mass is 310 g/mol. The number of halogens is 2. The van der Waals surface area contributed by atoms with Gasteiger partial charge in [-0.1, -0.05) is 17.7 Å². The summed E-state index contributed by atoms with van der Waals surface area (Å²) < 4.78 is 0.955. The summed E-state index contributed by atoms with van der Waals surface area (Å²) in [6.45, 7) is 4.03. The van der Waals surface area contributed by atoms with Crippen LogP contribution in [0.1, 0.15) is 11.1 Å². The SMILES string of the molecule is Cc1ccc(Nc2nccc(C)c2Br)c(Cl)c1. The van der Waals surface area contributed by atoms with Crippen LogP contribution in [0, 0.1) is 13.8 Å². The van der Waals surface area contributed by atoms with E-state index in [9.17, 15) is 0 Å². The Hall–Kier alpha value is -1.06. The smallest absolute Gasteiger partial charge is 0.144 e. The molecule has 88 valence electrons. The van der Waals surface area contributed by atoms with Crippen LogP contribution in [0.4, 0.5) is 11.5 Å². The number of nitrogens with zero attached hydrogens (tertiary/aromatic N) is 1. The van der Waals surface area contributed by atoms with Crippen LogP contribution in [-0.2, 0) is 0 Å². The van der Waals surface area contributed by atoms with Crippen LogP contribution in [0.15, 0.2) is 34.9 Å². The fraction of sp³-hybridized carbons (Fsp3) is 0.154. The Balaban J connectivity index is 2.35. The third-order valence-corrected chi connectivity index (χ3v) is 3.77. The number of anilines is 2. The number of hydrogen-bond donors (Lipinski definition) is 1. The van der Waals surface area contributed by atoms with Gasteiger partial charge < -0.3 is 5.32 Å². The lowest BCUT2D eigenvalue weighted by atomic mass is 10.2. The zero-order valence-corrected chi connectivity index (χ0v) is 11.9. The van der Waals surface area contributed by atoms with E-state index in [2.05, 4.69) is 26.2 Å². The molecular formula is C13H12BrClN2. The van der Waals surface area contributed by atoms with Gasteiger partial charge in [-0.2, -0.15) is 0 Å². The van der Waals surface area contributed by atoms with Crippen molar-refractivity contribution in [2.24, 2.45) is 0 Å². The molecule has 17 heavy (non-hydrogen) atoms. The molecule has 0 bridgehead atoms. The van der Waals surface area contributed by atoms with E-state index in [4.69, 9.17) is 11.6 Å². The molecule has 1 heterocycles. The van der Waals surface area contributed by atoms with Crippen LogP contribution >= 0.6 is 27.5 Å². The molecule has 1 aromatic heterocycles. The normalized spacial score (nSPS) is 10.4. The van der Waals surface area contributed by atoms with Gasteiger partial charge >= 0.3 is 0 Å². The molecule has 0 saturated carbocycles. The van der Waals surface area contributed by atoms with Crippen LogP contribution < -0.4 is 5.32 Å². The van der Waals surface area contributed by atoms with Gasteiger partial charge in [-0.25, -0.2) is 4.98 Å². The van der Waals surface area contributed by atoms with E-state index in [1.165, 1.54) is 0 Å². The lowest BCUT2D eigenvalue weighted by molar-refractivity contribution is 1.25. The first-order valence-corrected chi connectivity index (χ1v) is 6.39. The number of pyridine rings is 1. The Kier molecular flexibility index (Phi) is 3.69. The van der Waals surface area contributed by atoms with E-state index < -0.39 is 0 Å². The van der Waals surface area contributed by atoms with Crippen molar-refractivity contribution in [3.8, 4) is 0 Å². The van der Waals surface area contributed by atoms with Crippen LogP contribution in [0.2, 0.25) is 5.02 Å². The summed E-state index contributed by atoms with van der Waals surface area (Å²) in [5, 5.41) is 3.91. The van der Waals surface area contributed by atoms with Crippen LogP contribution in [-0.4, -0.2) is 4.98 Å². The minimum atomic E-state index is 0.695. The topological polar surface area (TPSA) is 24.9 Å². The highest BCUT2D eigenvalue weighted by Crippen LogP contribution is 2.30. The molecular weight excluding hydrogens is 300 g/mol. The van der Waals surface area contributed by atoms with Gasteiger partial charge in [-0.3, -0.25) is 0 Å². The van der Waals surface area contributed by atoms with Gasteiger partial charge in [0.15, 0.2) is 0 Å². The largest absolute Gasteiger partial charge is 0.338 e. The van der Waals surface area contributed by atoms with Crippen molar-refractivity contribution in [1.29, 1.82) is 0 Å². The van der Waals surface area contributed by atoms with Gasteiger partial charge in [0.25, 0.3) is 0 Å². The van der Waals surface area contributed by atoms with E-state index in [1.54, 1.807) is 6.20 Å². The van der Waals surface area contributed by atoms with Gasteiger partial charge in [-0.05, 0) is 59.1 Å². The Labute approximate surface area is 114 Å². The third kappa shape index (κ3) is 2.79. The quantitative estimate of drug-likeness (QED) is 0.857. The summed E-state index contributed by atoms with van der Waals surface area (Å²) in [7, 11) is 0. The fourth-order valence-corrected chi connectivity index (χ4v) is 2.09. The molecule has 4 heteroatoms. The van der Waals surface area contributed by atoms with Crippen molar-refractivity contribution in [3.63, 3.8) is 0 Å². The molecule has 0 saturated heterocycles. The lowest BCUT2D eigenvalue weighted by Gasteiger charge is -2.10. The summed E-state index contributed by atoms with van der Waals surface area (Å²) in [6.07, 6.45) is 1.77. The lowest BCUT2D eigenvalue weighted by Crippen LogP contribution is -1.96. The predicted octanol–water partition coefficient (Wildman–Crippen LogP) is 4.86. The Morgan fingerprint density at radius 2 is 2.00 bits per heavy atom. The molecule has 0 spiro atoms. The number of rotatable bonds is 2.